The Morgan fingerprint density at radius 2 is 2.19 bits per heavy atom. The molecule has 2 aromatic rings. The van der Waals surface area contributed by atoms with Crippen molar-refractivity contribution in [2.75, 3.05) is 11.9 Å². The Morgan fingerprint density at radius 3 is 3.00 bits per heavy atom. The summed E-state index contributed by atoms with van der Waals surface area (Å²) in [5.41, 5.74) is 1.47. The molecule has 0 spiro atoms. The highest BCUT2D eigenvalue weighted by Crippen LogP contribution is 2.31. The molecule has 27 heavy (non-hydrogen) atoms. The van der Waals surface area contributed by atoms with E-state index in [1.165, 1.54) is 43.4 Å². The molecule has 2 N–H and O–H groups in total. The summed E-state index contributed by atoms with van der Waals surface area (Å²) < 4.78 is 0.952. The van der Waals surface area contributed by atoms with E-state index >= 15 is 0 Å². The van der Waals surface area contributed by atoms with Crippen LogP contribution >= 0.6 is 11.3 Å². The van der Waals surface area contributed by atoms with Crippen molar-refractivity contribution in [2.45, 2.75) is 58.4 Å². The number of hydrogen-bond donors (Lipinski definition) is 2. The van der Waals surface area contributed by atoms with Crippen LogP contribution in [0.5, 0.6) is 0 Å². The first-order chi connectivity index (χ1) is 13.0. The van der Waals surface area contributed by atoms with E-state index in [1.54, 1.807) is 6.07 Å². The highest BCUT2D eigenvalue weighted by molar-refractivity contribution is 7.22. The molecule has 1 aromatic heterocycles. The van der Waals surface area contributed by atoms with E-state index in [9.17, 15) is 4.79 Å². The number of nitriles is 1. The van der Waals surface area contributed by atoms with Gasteiger partial charge >= 0.3 is 0 Å². The molecule has 5 nitrogen and oxygen atoms in total. The molecule has 1 fully saturated rings. The van der Waals surface area contributed by atoms with Crippen LogP contribution in [0, 0.1) is 23.2 Å². The first kappa shape index (κ1) is 19.6. The molecule has 1 aliphatic rings. The van der Waals surface area contributed by atoms with E-state index < -0.39 is 0 Å². The minimum Gasteiger partial charge on any atom is -0.352 e. The van der Waals surface area contributed by atoms with Gasteiger partial charge in [-0.25, -0.2) is 4.98 Å². The third-order valence-electron chi connectivity index (χ3n) is 5.52. The van der Waals surface area contributed by atoms with Gasteiger partial charge in [0.15, 0.2) is 5.13 Å². The van der Waals surface area contributed by atoms with Crippen molar-refractivity contribution in [3.8, 4) is 6.07 Å². The van der Waals surface area contributed by atoms with Gasteiger partial charge in [0.2, 0.25) is 5.91 Å². The molecule has 0 bridgehead atoms. The number of fused-ring (bicyclic) bond motifs is 1. The Labute approximate surface area is 165 Å². The normalized spacial score (nSPS) is 21.2. The predicted molar refractivity (Wildman–Crippen MR) is 111 cm³/mol. The number of rotatable bonds is 6. The molecule has 1 saturated carbocycles. The number of nitrogens with zero attached hydrogens (tertiary/aromatic N) is 2. The molecule has 0 aliphatic heterocycles. The minimum absolute atomic E-state index is 0.000690. The molecule has 1 amide bonds. The second kappa shape index (κ2) is 9.18. The molecule has 0 radical (unpaired) electrons. The maximum absolute atomic E-state index is 12.3. The number of nitrogens with one attached hydrogen (secondary N) is 2. The summed E-state index contributed by atoms with van der Waals surface area (Å²) in [7, 11) is 0. The van der Waals surface area contributed by atoms with Crippen LogP contribution in [-0.2, 0) is 4.79 Å². The van der Waals surface area contributed by atoms with Crippen LogP contribution in [0.1, 0.15) is 57.9 Å². The number of benzene rings is 1. The number of amides is 1. The maximum Gasteiger partial charge on any atom is 0.239 e. The van der Waals surface area contributed by atoms with Gasteiger partial charge in [0.05, 0.1) is 28.4 Å². The van der Waals surface area contributed by atoms with Crippen LogP contribution in [-0.4, -0.2) is 23.5 Å². The monoisotopic (exact) mass is 384 g/mol. The Bertz CT molecular complexity index is 825. The highest BCUT2D eigenvalue weighted by Gasteiger charge is 2.22. The van der Waals surface area contributed by atoms with Gasteiger partial charge in [-0.2, -0.15) is 5.26 Å². The summed E-state index contributed by atoms with van der Waals surface area (Å²) in [6.07, 6.45) is 7.69. The number of aromatic nitrogens is 1. The standard InChI is InChI=1S/C21H28N4OS/c1-14-6-4-3-5-7-17(14)10-15(2)24-20(26)13-23-21-25-18-9-8-16(12-22)11-19(18)27-21/h8-9,11,14-15,17H,3-7,10,13H2,1-2H3,(H,23,25)(H,24,26). The van der Waals surface area contributed by atoms with E-state index in [4.69, 9.17) is 5.26 Å². The van der Waals surface area contributed by atoms with Crippen molar-refractivity contribution in [2.24, 2.45) is 11.8 Å². The molecule has 3 unspecified atom stereocenters. The Kier molecular flexibility index (Phi) is 6.68. The van der Waals surface area contributed by atoms with Gasteiger partial charge in [-0.3, -0.25) is 4.79 Å². The van der Waals surface area contributed by atoms with Crippen LogP contribution in [0.15, 0.2) is 18.2 Å². The average molecular weight is 385 g/mol. The van der Waals surface area contributed by atoms with Crippen molar-refractivity contribution in [1.29, 1.82) is 5.26 Å². The van der Waals surface area contributed by atoms with E-state index in [0.717, 1.165) is 22.6 Å². The molecular weight excluding hydrogens is 356 g/mol. The molecular formula is C21H28N4OS. The van der Waals surface area contributed by atoms with Gasteiger partial charge in [0.25, 0.3) is 0 Å². The van der Waals surface area contributed by atoms with Gasteiger partial charge in [-0.1, -0.05) is 50.4 Å². The van der Waals surface area contributed by atoms with Gasteiger partial charge in [0, 0.05) is 6.04 Å². The summed E-state index contributed by atoms with van der Waals surface area (Å²) >= 11 is 1.47. The number of anilines is 1. The fourth-order valence-electron chi connectivity index (χ4n) is 3.98. The topological polar surface area (TPSA) is 77.8 Å². The molecule has 1 aromatic carbocycles. The quantitative estimate of drug-likeness (QED) is 0.708. The van der Waals surface area contributed by atoms with Gasteiger partial charge in [-0.05, 0) is 43.4 Å². The second-order valence-electron chi connectivity index (χ2n) is 7.75. The van der Waals surface area contributed by atoms with Gasteiger partial charge < -0.3 is 10.6 Å². The Hall–Kier alpha value is -2.13. The van der Waals surface area contributed by atoms with E-state index in [2.05, 4.69) is 35.5 Å². The molecule has 1 aliphatic carbocycles. The lowest BCUT2D eigenvalue weighted by Crippen LogP contribution is -2.38. The zero-order valence-electron chi connectivity index (χ0n) is 16.1. The average Bonchev–Trinajstić information content (AvgIpc) is 2.96. The fraction of sp³-hybridized carbons (Fsp3) is 0.571. The van der Waals surface area contributed by atoms with Gasteiger partial charge in [0.1, 0.15) is 0 Å². The number of carbonyl (C=O) groups excluding carboxylic acids is 1. The van der Waals surface area contributed by atoms with Crippen molar-refractivity contribution < 1.29 is 4.79 Å². The summed E-state index contributed by atoms with van der Waals surface area (Å²) in [6.45, 7) is 4.68. The third kappa shape index (κ3) is 5.43. The van der Waals surface area contributed by atoms with E-state index in [0.29, 0.717) is 16.6 Å². The molecule has 3 rings (SSSR count). The number of hydrogen-bond acceptors (Lipinski definition) is 5. The smallest absolute Gasteiger partial charge is 0.239 e. The lowest BCUT2D eigenvalue weighted by molar-refractivity contribution is -0.120. The lowest BCUT2D eigenvalue weighted by atomic mass is 9.85. The second-order valence-corrected chi connectivity index (χ2v) is 8.78. The Balaban J connectivity index is 1.48. The summed E-state index contributed by atoms with van der Waals surface area (Å²) in [5.74, 6) is 1.47. The molecule has 1 heterocycles. The van der Waals surface area contributed by atoms with Crippen molar-refractivity contribution in [3.05, 3.63) is 23.8 Å². The largest absolute Gasteiger partial charge is 0.352 e. The SMILES string of the molecule is CC(CC1CCCCCC1C)NC(=O)CNc1nc2ccc(C#N)cc2s1. The summed E-state index contributed by atoms with van der Waals surface area (Å²) in [4.78, 5) is 16.8. The zero-order valence-corrected chi connectivity index (χ0v) is 16.9. The molecule has 144 valence electrons. The predicted octanol–water partition coefficient (Wildman–Crippen LogP) is 4.69. The summed E-state index contributed by atoms with van der Waals surface area (Å²) in [5, 5.41) is 15.9. The van der Waals surface area contributed by atoms with Crippen molar-refractivity contribution in [1.82, 2.24) is 10.3 Å². The Morgan fingerprint density at radius 1 is 1.37 bits per heavy atom. The van der Waals surface area contributed by atoms with Crippen LogP contribution in [0.3, 0.4) is 0 Å². The van der Waals surface area contributed by atoms with Gasteiger partial charge in [-0.15, -0.1) is 0 Å². The summed E-state index contributed by atoms with van der Waals surface area (Å²) in [6, 6.07) is 7.75. The first-order valence-corrected chi connectivity index (χ1v) is 10.7. The van der Waals surface area contributed by atoms with Crippen molar-refractivity contribution >= 4 is 32.6 Å². The van der Waals surface area contributed by atoms with Crippen LogP contribution in [0.2, 0.25) is 0 Å². The van der Waals surface area contributed by atoms with E-state index in [-0.39, 0.29) is 18.5 Å². The lowest BCUT2D eigenvalue weighted by Gasteiger charge is -2.25. The van der Waals surface area contributed by atoms with Crippen LogP contribution < -0.4 is 10.6 Å². The van der Waals surface area contributed by atoms with Crippen LogP contribution in [0.25, 0.3) is 10.2 Å². The first-order valence-electron chi connectivity index (χ1n) is 9.89. The molecule has 6 heteroatoms. The maximum atomic E-state index is 12.3. The zero-order chi connectivity index (χ0) is 19.2. The fourth-order valence-corrected chi connectivity index (χ4v) is 4.89. The molecule has 0 saturated heterocycles. The van der Waals surface area contributed by atoms with E-state index in [1.807, 2.05) is 12.1 Å². The number of thiazole rings is 1. The third-order valence-corrected chi connectivity index (χ3v) is 6.50. The molecule has 3 atom stereocenters. The minimum atomic E-state index is 0.000690. The number of carbonyl (C=O) groups is 1. The van der Waals surface area contributed by atoms with Crippen molar-refractivity contribution in [3.63, 3.8) is 0 Å². The van der Waals surface area contributed by atoms with Crippen LogP contribution in [0.4, 0.5) is 5.13 Å². The highest BCUT2D eigenvalue weighted by atomic mass is 32.1.